The summed E-state index contributed by atoms with van der Waals surface area (Å²) in [5.41, 5.74) is 0.801. The van der Waals surface area contributed by atoms with Crippen molar-refractivity contribution in [3.8, 4) is 0 Å². The molecule has 0 aliphatic rings. The van der Waals surface area contributed by atoms with E-state index in [0.29, 0.717) is 0 Å². The topological polar surface area (TPSA) is 12.0 Å². The van der Waals surface area contributed by atoms with Crippen molar-refractivity contribution in [2.45, 2.75) is 12.3 Å². The lowest BCUT2D eigenvalue weighted by Crippen LogP contribution is -2.19. The van der Waals surface area contributed by atoms with E-state index in [4.69, 9.17) is 0 Å². The second-order valence-corrected chi connectivity index (χ2v) is 5.09. The van der Waals surface area contributed by atoms with Gasteiger partial charge in [-0.3, -0.25) is 0 Å². The molecule has 0 amide bonds. The average molecular weight is 249 g/mol. The minimum absolute atomic E-state index is 0.107. The van der Waals surface area contributed by atoms with Gasteiger partial charge in [-0.15, -0.1) is 11.3 Å². The lowest BCUT2D eigenvalue weighted by Gasteiger charge is -2.16. The van der Waals surface area contributed by atoms with Gasteiger partial charge in [-0.05, 0) is 36.5 Å². The molecule has 90 valence electrons. The monoisotopic (exact) mass is 249 g/mol. The molecule has 1 nitrogen and oxygen atoms in total. The van der Waals surface area contributed by atoms with Crippen LogP contribution in [-0.4, -0.2) is 13.6 Å². The number of hydrogen-bond acceptors (Lipinski definition) is 2. The first kappa shape index (κ1) is 12.3. The van der Waals surface area contributed by atoms with Gasteiger partial charge in [-0.25, -0.2) is 4.39 Å². The number of hydrogen-bond donors (Lipinski definition) is 1. The summed E-state index contributed by atoms with van der Waals surface area (Å²) in [5, 5.41) is 5.21. The van der Waals surface area contributed by atoms with Crippen LogP contribution in [0.5, 0.6) is 0 Å². The molecular weight excluding hydrogens is 233 g/mol. The van der Waals surface area contributed by atoms with E-state index < -0.39 is 0 Å². The molecule has 0 spiro atoms. The lowest BCUT2D eigenvalue weighted by molar-refractivity contribution is 0.558. The Kier molecular flexibility index (Phi) is 4.29. The van der Waals surface area contributed by atoms with E-state index in [2.05, 4.69) is 16.8 Å². The van der Waals surface area contributed by atoms with Crippen molar-refractivity contribution in [1.82, 2.24) is 5.32 Å². The van der Waals surface area contributed by atoms with Crippen LogP contribution < -0.4 is 5.32 Å². The van der Waals surface area contributed by atoms with Crippen LogP contribution in [-0.2, 0) is 6.42 Å². The molecule has 2 rings (SSSR count). The van der Waals surface area contributed by atoms with E-state index in [9.17, 15) is 4.39 Å². The van der Waals surface area contributed by atoms with Gasteiger partial charge in [-0.2, -0.15) is 0 Å². The van der Waals surface area contributed by atoms with E-state index >= 15 is 0 Å². The fourth-order valence-corrected chi connectivity index (χ4v) is 2.80. The molecule has 0 saturated carbocycles. The smallest absolute Gasteiger partial charge is 0.126 e. The van der Waals surface area contributed by atoms with Crippen LogP contribution in [0.1, 0.15) is 16.4 Å². The van der Waals surface area contributed by atoms with E-state index in [1.807, 2.05) is 25.2 Å². The number of halogens is 1. The molecule has 1 aromatic heterocycles. The lowest BCUT2D eigenvalue weighted by atomic mass is 9.94. The zero-order valence-corrected chi connectivity index (χ0v) is 10.6. The fraction of sp³-hybridized carbons (Fsp3) is 0.286. The Labute approximate surface area is 105 Å². The number of benzene rings is 1. The molecule has 1 atom stereocenters. The summed E-state index contributed by atoms with van der Waals surface area (Å²) in [6, 6.07) is 11.2. The molecule has 1 aromatic carbocycles. The Morgan fingerprint density at radius 3 is 2.71 bits per heavy atom. The molecule has 0 aliphatic heterocycles. The second-order valence-electron chi connectivity index (χ2n) is 4.06. The molecule has 2 aromatic rings. The first-order valence-corrected chi connectivity index (χ1v) is 6.60. The van der Waals surface area contributed by atoms with Gasteiger partial charge in [-0.1, -0.05) is 24.3 Å². The largest absolute Gasteiger partial charge is 0.319 e. The summed E-state index contributed by atoms with van der Waals surface area (Å²) in [4.78, 5) is 1.30. The molecule has 0 bridgehead atoms. The van der Waals surface area contributed by atoms with E-state index in [-0.39, 0.29) is 11.7 Å². The molecule has 1 N–H and O–H groups in total. The predicted octanol–water partition coefficient (Wildman–Crippen LogP) is 3.43. The number of likely N-dealkylation sites (N-methyl/N-ethyl adjacent to an activating group) is 1. The second kappa shape index (κ2) is 5.94. The third-order valence-corrected chi connectivity index (χ3v) is 3.72. The van der Waals surface area contributed by atoms with Crippen molar-refractivity contribution in [2.75, 3.05) is 13.6 Å². The summed E-state index contributed by atoms with van der Waals surface area (Å²) in [6.07, 6.45) is 0.888. The minimum Gasteiger partial charge on any atom is -0.319 e. The SMILES string of the molecule is CNCC(Cc1cccs1)c1ccccc1F. The Morgan fingerprint density at radius 1 is 1.24 bits per heavy atom. The molecule has 0 radical (unpaired) electrons. The van der Waals surface area contributed by atoms with Gasteiger partial charge >= 0.3 is 0 Å². The van der Waals surface area contributed by atoms with Crippen LogP contribution in [0.2, 0.25) is 0 Å². The summed E-state index contributed by atoms with van der Waals surface area (Å²) >= 11 is 1.73. The minimum atomic E-state index is -0.107. The normalized spacial score (nSPS) is 12.6. The van der Waals surface area contributed by atoms with Crippen LogP contribution in [0.4, 0.5) is 4.39 Å². The van der Waals surface area contributed by atoms with Gasteiger partial charge in [0.1, 0.15) is 5.82 Å². The van der Waals surface area contributed by atoms with Crippen molar-refractivity contribution >= 4 is 11.3 Å². The maximum atomic E-state index is 13.8. The molecule has 0 fully saturated rings. The first-order chi connectivity index (χ1) is 8.31. The maximum Gasteiger partial charge on any atom is 0.126 e. The van der Waals surface area contributed by atoms with E-state index in [1.165, 1.54) is 10.9 Å². The van der Waals surface area contributed by atoms with Gasteiger partial charge in [0.05, 0.1) is 0 Å². The van der Waals surface area contributed by atoms with Crippen molar-refractivity contribution < 1.29 is 4.39 Å². The predicted molar refractivity (Wildman–Crippen MR) is 71.1 cm³/mol. The zero-order valence-electron chi connectivity index (χ0n) is 9.82. The Bertz CT molecular complexity index is 453. The summed E-state index contributed by atoms with van der Waals surface area (Å²) < 4.78 is 13.8. The molecular formula is C14H16FNS. The highest BCUT2D eigenvalue weighted by Gasteiger charge is 2.15. The summed E-state index contributed by atoms with van der Waals surface area (Å²) in [6.45, 7) is 0.791. The van der Waals surface area contributed by atoms with Gasteiger partial charge < -0.3 is 5.32 Å². The van der Waals surface area contributed by atoms with Gasteiger partial charge in [0.25, 0.3) is 0 Å². The Morgan fingerprint density at radius 2 is 2.06 bits per heavy atom. The fourth-order valence-electron chi connectivity index (χ4n) is 2.02. The van der Waals surface area contributed by atoms with Gasteiger partial charge in [0.2, 0.25) is 0 Å². The van der Waals surface area contributed by atoms with Crippen LogP contribution in [0.25, 0.3) is 0 Å². The third-order valence-electron chi connectivity index (χ3n) is 2.82. The Balaban J connectivity index is 2.20. The summed E-state index contributed by atoms with van der Waals surface area (Å²) in [5.74, 6) is 0.0872. The molecule has 1 heterocycles. The van der Waals surface area contributed by atoms with Gasteiger partial charge in [0.15, 0.2) is 0 Å². The third kappa shape index (κ3) is 3.14. The average Bonchev–Trinajstić information content (AvgIpc) is 2.82. The highest BCUT2D eigenvalue weighted by molar-refractivity contribution is 7.09. The highest BCUT2D eigenvalue weighted by Crippen LogP contribution is 2.24. The maximum absolute atomic E-state index is 13.8. The molecule has 0 saturated heterocycles. The standard InChI is InChI=1S/C14H16FNS/c1-16-10-11(9-12-5-4-8-17-12)13-6-2-3-7-14(13)15/h2-8,11,16H,9-10H2,1H3. The number of rotatable bonds is 5. The highest BCUT2D eigenvalue weighted by atomic mass is 32.1. The zero-order chi connectivity index (χ0) is 12.1. The molecule has 0 aliphatic carbocycles. The Hall–Kier alpha value is -1.19. The number of thiophene rings is 1. The van der Waals surface area contributed by atoms with Crippen LogP contribution >= 0.6 is 11.3 Å². The van der Waals surface area contributed by atoms with Gasteiger partial charge in [0, 0.05) is 17.3 Å². The first-order valence-electron chi connectivity index (χ1n) is 5.72. The molecule has 3 heteroatoms. The van der Waals surface area contributed by atoms with Crippen LogP contribution in [0, 0.1) is 5.82 Å². The van der Waals surface area contributed by atoms with E-state index in [1.54, 1.807) is 17.4 Å². The molecule has 1 unspecified atom stereocenters. The van der Waals surface area contributed by atoms with Crippen molar-refractivity contribution in [1.29, 1.82) is 0 Å². The van der Waals surface area contributed by atoms with Crippen LogP contribution in [0.15, 0.2) is 41.8 Å². The van der Waals surface area contributed by atoms with Crippen molar-refractivity contribution in [3.05, 3.63) is 58.0 Å². The molecule has 17 heavy (non-hydrogen) atoms. The van der Waals surface area contributed by atoms with Crippen molar-refractivity contribution in [2.24, 2.45) is 0 Å². The number of nitrogens with one attached hydrogen (secondary N) is 1. The quantitative estimate of drug-likeness (QED) is 0.856. The van der Waals surface area contributed by atoms with Crippen molar-refractivity contribution in [3.63, 3.8) is 0 Å². The van der Waals surface area contributed by atoms with Crippen LogP contribution in [0.3, 0.4) is 0 Å². The van der Waals surface area contributed by atoms with E-state index in [0.717, 1.165) is 18.5 Å². The summed E-state index contributed by atoms with van der Waals surface area (Å²) in [7, 11) is 1.91.